The molecule has 0 fully saturated rings. The number of rotatable bonds is 3. The van der Waals surface area contributed by atoms with E-state index in [4.69, 9.17) is 4.74 Å². The maximum absolute atomic E-state index is 13.7. The van der Waals surface area contributed by atoms with Gasteiger partial charge in [-0.3, -0.25) is 0 Å². The fourth-order valence-electron chi connectivity index (χ4n) is 3.29. The van der Waals surface area contributed by atoms with Crippen LogP contribution >= 0.6 is 0 Å². The van der Waals surface area contributed by atoms with Crippen LogP contribution in [0.2, 0.25) is 0 Å². The molecule has 0 amide bonds. The lowest BCUT2D eigenvalue weighted by atomic mass is 9.90. The van der Waals surface area contributed by atoms with Crippen LogP contribution in [0.1, 0.15) is 24.0 Å². The van der Waals surface area contributed by atoms with E-state index in [2.05, 4.69) is 6.08 Å². The highest BCUT2D eigenvalue weighted by molar-refractivity contribution is 5.81. The molecule has 124 valence electrons. The molecule has 2 aromatic rings. The van der Waals surface area contributed by atoms with E-state index in [9.17, 15) is 18.3 Å². The average Bonchev–Trinajstić information content (AvgIpc) is 2.77. The van der Waals surface area contributed by atoms with Gasteiger partial charge in [0.15, 0.2) is 0 Å². The van der Waals surface area contributed by atoms with Gasteiger partial charge in [0.05, 0.1) is 0 Å². The second-order valence-corrected chi connectivity index (χ2v) is 6.15. The van der Waals surface area contributed by atoms with Gasteiger partial charge in [0.1, 0.15) is 12.4 Å². The first-order chi connectivity index (χ1) is 11.4. The van der Waals surface area contributed by atoms with Crippen molar-refractivity contribution < 1.29 is 23.0 Å². The van der Waals surface area contributed by atoms with E-state index in [0.29, 0.717) is 23.5 Å². The summed E-state index contributed by atoms with van der Waals surface area (Å²) in [6, 6.07) is 10.6. The summed E-state index contributed by atoms with van der Waals surface area (Å²) in [7, 11) is 0. The van der Waals surface area contributed by atoms with E-state index >= 15 is 0 Å². The minimum atomic E-state index is -4.82. The van der Waals surface area contributed by atoms with Crippen LogP contribution in [0, 0.1) is 0 Å². The van der Waals surface area contributed by atoms with Crippen LogP contribution in [0.5, 0.6) is 5.75 Å². The molecule has 1 atom stereocenters. The van der Waals surface area contributed by atoms with Crippen molar-refractivity contribution >= 4 is 0 Å². The second-order valence-electron chi connectivity index (χ2n) is 6.15. The van der Waals surface area contributed by atoms with E-state index in [1.165, 1.54) is 18.2 Å². The molecule has 5 heteroatoms. The van der Waals surface area contributed by atoms with Crippen LogP contribution in [0.4, 0.5) is 13.2 Å². The zero-order valence-corrected chi connectivity index (χ0v) is 12.7. The number of halogens is 3. The van der Waals surface area contributed by atoms with Gasteiger partial charge in [0, 0.05) is 11.1 Å². The van der Waals surface area contributed by atoms with Crippen molar-refractivity contribution in [3.63, 3.8) is 0 Å². The number of fused-ring (bicyclic) bond motifs is 3. The molecule has 0 bridgehead atoms. The van der Waals surface area contributed by atoms with Gasteiger partial charge in [0.2, 0.25) is 5.60 Å². The fraction of sp³-hybridized carbons (Fsp3) is 0.263. The lowest BCUT2D eigenvalue weighted by molar-refractivity contribution is -0.246. The Balaban J connectivity index is 1.80. The predicted octanol–water partition coefficient (Wildman–Crippen LogP) is 4.56. The monoisotopic (exact) mass is 332 g/mol. The van der Waals surface area contributed by atoms with Gasteiger partial charge in [-0.15, -0.1) is 0 Å². The Morgan fingerprint density at radius 1 is 1.04 bits per heavy atom. The van der Waals surface area contributed by atoms with Crippen molar-refractivity contribution in [1.82, 2.24) is 0 Å². The Labute approximate surface area is 137 Å². The molecule has 4 rings (SSSR count). The lowest BCUT2D eigenvalue weighted by Crippen LogP contribution is -2.41. The molecular weight excluding hydrogens is 317 g/mol. The molecule has 0 aromatic heterocycles. The molecule has 2 nitrogen and oxygen atoms in total. The maximum Gasteiger partial charge on any atom is 0.425 e. The van der Waals surface area contributed by atoms with Crippen LogP contribution in [0.3, 0.4) is 0 Å². The number of hydrogen-bond donors (Lipinski definition) is 1. The Bertz CT molecular complexity index is 839. The lowest BCUT2D eigenvalue weighted by Gasteiger charge is -2.28. The van der Waals surface area contributed by atoms with Crippen molar-refractivity contribution in [1.29, 1.82) is 0 Å². The van der Waals surface area contributed by atoms with E-state index in [0.717, 1.165) is 18.4 Å². The highest BCUT2D eigenvalue weighted by Crippen LogP contribution is 2.55. The maximum atomic E-state index is 13.7. The van der Waals surface area contributed by atoms with Crippen LogP contribution in [-0.4, -0.2) is 17.9 Å². The van der Waals surface area contributed by atoms with Gasteiger partial charge in [-0.05, 0) is 41.7 Å². The summed E-state index contributed by atoms with van der Waals surface area (Å²) in [5, 5.41) is 10.6. The smallest absolute Gasteiger partial charge is 0.425 e. The standard InChI is InChI=1S/C19H15F3O2/c20-19(21,22)18(23)16-7-2-1-6-14(16)15-9-8-13(10-17(15)18)24-11-12-4-3-5-12/h1-2,4,6-10,23H,3,5,11H2. The first-order valence-electron chi connectivity index (χ1n) is 7.75. The molecule has 2 aliphatic carbocycles. The molecule has 0 heterocycles. The number of alkyl halides is 3. The molecule has 1 N–H and O–H groups in total. The summed E-state index contributed by atoms with van der Waals surface area (Å²) in [6.45, 7) is 0.371. The summed E-state index contributed by atoms with van der Waals surface area (Å²) < 4.78 is 46.7. The predicted molar refractivity (Wildman–Crippen MR) is 83.7 cm³/mol. The molecule has 0 saturated carbocycles. The van der Waals surface area contributed by atoms with Crippen molar-refractivity contribution in [2.75, 3.05) is 6.61 Å². The topological polar surface area (TPSA) is 29.5 Å². The van der Waals surface area contributed by atoms with Gasteiger partial charge in [0.25, 0.3) is 0 Å². The highest BCUT2D eigenvalue weighted by Gasteiger charge is 2.60. The zero-order chi connectivity index (χ0) is 16.9. The fourth-order valence-corrected chi connectivity index (χ4v) is 3.29. The van der Waals surface area contributed by atoms with Crippen LogP contribution < -0.4 is 4.74 Å². The number of hydrogen-bond acceptors (Lipinski definition) is 2. The molecule has 2 aliphatic rings. The number of ether oxygens (including phenoxy) is 1. The minimum absolute atomic E-state index is 0.133. The van der Waals surface area contributed by atoms with Crippen molar-refractivity contribution in [3.05, 3.63) is 65.2 Å². The van der Waals surface area contributed by atoms with Gasteiger partial charge in [-0.25, -0.2) is 0 Å². The van der Waals surface area contributed by atoms with Crippen molar-refractivity contribution in [2.24, 2.45) is 0 Å². The third kappa shape index (κ3) is 2.08. The van der Waals surface area contributed by atoms with E-state index in [1.807, 2.05) is 0 Å². The zero-order valence-electron chi connectivity index (χ0n) is 12.7. The van der Waals surface area contributed by atoms with Crippen molar-refractivity contribution in [3.8, 4) is 16.9 Å². The first-order valence-corrected chi connectivity index (χ1v) is 7.75. The molecule has 24 heavy (non-hydrogen) atoms. The summed E-state index contributed by atoms with van der Waals surface area (Å²) in [6.07, 6.45) is -0.784. The summed E-state index contributed by atoms with van der Waals surface area (Å²) in [5.41, 5.74) is -1.37. The third-order valence-corrected chi connectivity index (χ3v) is 4.72. The van der Waals surface area contributed by atoms with Crippen molar-refractivity contribution in [2.45, 2.75) is 24.6 Å². The van der Waals surface area contributed by atoms with Gasteiger partial charge < -0.3 is 9.84 Å². The molecule has 0 radical (unpaired) electrons. The molecule has 0 saturated heterocycles. The molecular formula is C19H15F3O2. The average molecular weight is 332 g/mol. The second kappa shape index (κ2) is 5.11. The molecule has 0 aliphatic heterocycles. The summed E-state index contributed by atoms with van der Waals surface area (Å²) in [5.74, 6) is 0.331. The van der Waals surface area contributed by atoms with Gasteiger partial charge >= 0.3 is 6.18 Å². The summed E-state index contributed by atoms with van der Waals surface area (Å²) >= 11 is 0. The van der Waals surface area contributed by atoms with E-state index in [1.54, 1.807) is 24.3 Å². The molecule has 1 unspecified atom stereocenters. The number of allylic oxidation sites excluding steroid dienone is 1. The van der Waals surface area contributed by atoms with Gasteiger partial charge in [-0.1, -0.05) is 36.4 Å². The van der Waals surface area contributed by atoms with Crippen LogP contribution in [0.15, 0.2) is 54.1 Å². The Morgan fingerprint density at radius 2 is 1.75 bits per heavy atom. The minimum Gasteiger partial charge on any atom is -0.489 e. The quantitative estimate of drug-likeness (QED) is 0.835. The normalized spacial score (nSPS) is 21.6. The van der Waals surface area contributed by atoms with E-state index in [-0.39, 0.29) is 11.1 Å². The van der Waals surface area contributed by atoms with E-state index < -0.39 is 11.8 Å². The van der Waals surface area contributed by atoms with Crippen LogP contribution in [0.25, 0.3) is 11.1 Å². The van der Waals surface area contributed by atoms with Crippen LogP contribution in [-0.2, 0) is 5.60 Å². The number of aliphatic hydroxyl groups is 1. The highest BCUT2D eigenvalue weighted by atomic mass is 19.4. The number of benzene rings is 2. The Hall–Kier alpha value is -2.27. The molecule has 0 spiro atoms. The Morgan fingerprint density at radius 3 is 2.42 bits per heavy atom. The third-order valence-electron chi connectivity index (χ3n) is 4.72. The SMILES string of the molecule is OC1(C(F)(F)F)c2ccccc2-c2ccc(OCC3=CCC3)cc21. The largest absolute Gasteiger partial charge is 0.489 e. The summed E-state index contributed by atoms with van der Waals surface area (Å²) in [4.78, 5) is 0. The van der Waals surface area contributed by atoms with Gasteiger partial charge in [-0.2, -0.15) is 13.2 Å². The first kappa shape index (κ1) is 15.3. The Kier molecular flexibility index (Phi) is 3.25. The molecule has 2 aromatic carbocycles.